The maximum Gasteiger partial charge on any atom is 0.255 e. The average molecular weight is 446 g/mol. The number of hydrogen-bond donors (Lipinski definition) is 1. The summed E-state index contributed by atoms with van der Waals surface area (Å²) in [6.45, 7) is 5.07. The smallest absolute Gasteiger partial charge is 0.255 e. The summed E-state index contributed by atoms with van der Waals surface area (Å²) in [5.74, 6) is 0.508. The van der Waals surface area contributed by atoms with Gasteiger partial charge in [0, 0.05) is 51.5 Å². The highest BCUT2D eigenvalue weighted by Gasteiger charge is 2.24. The van der Waals surface area contributed by atoms with Gasteiger partial charge in [0.25, 0.3) is 5.56 Å². The molecule has 11 heteroatoms. The molecule has 2 aliphatic heterocycles. The number of hydrogen-bond acceptors (Lipinski definition) is 9. The molecule has 0 atom stereocenters. The number of fused-ring (bicyclic) bond motifs is 1. The summed E-state index contributed by atoms with van der Waals surface area (Å²) in [5.41, 5.74) is 2.12. The van der Waals surface area contributed by atoms with Crippen molar-refractivity contribution in [3.8, 4) is 11.4 Å². The second kappa shape index (κ2) is 8.38. The van der Waals surface area contributed by atoms with Gasteiger partial charge in [0.05, 0.1) is 34.9 Å². The molecule has 3 aromatic heterocycles. The van der Waals surface area contributed by atoms with Crippen LogP contribution in [0, 0.1) is 0 Å². The Morgan fingerprint density at radius 1 is 1.17 bits per heavy atom. The van der Waals surface area contributed by atoms with Gasteiger partial charge in [-0.2, -0.15) is 0 Å². The van der Waals surface area contributed by atoms with Crippen LogP contribution >= 0.6 is 22.9 Å². The predicted molar refractivity (Wildman–Crippen MR) is 114 cm³/mol. The lowest BCUT2D eigenvalue weighted by molar-refractivity contribution is 0.122. The van der Waals surface area contributed by atoms with Crippen LogP contribution in [0.3, 0.4) is 0 Å². The number of H-pyrrole nitrogens is 1. The Labute approximate surface area is 181 Å². The van der Waals surface area contributed by atoms with Crippen LogP contribution in [0.2, 0.25) is 5.15 Å². The predicted octanol–water partition coefficient (Wildman–Crippen LogP) is 1.73. The summed E-state index contributed by atoms with van der Waals surface area (Å²) in [6.07, 6.45) is 5.44. The Kier molecular flexibility index (Phi) is 5.47. The molecule has 0 saturated carbocycles. The number of morpholine rings is 1. The van der Waals surface area contributed by atoms with Gasteiger partial charge >= 0.3 is 0 Å². The molecule has 0 aliphatic carbocycles. The molecule has 2 aliphatic rings. The van der Waals surface area contributed by atoms with Crippen LogP contribution in [-0.4, -0.2) is 62.7 Å². The summed E-state index contributed by atoms with van der Waals surface area (Å²) in [5, 5.41) is 1.48. The molecule has 1 N–H and O–H groups in total. The molecule has 0 unspecified atom stereocenters. The van der Waals surface area contributed by atoms with Crippen molar-refractivity contribution in [2.75, 3.05) is 37.7 Å². The highest BCUT2D eigenvalue weighted by molar-refractivity contribution is 7.16. The zero-order chi connectivity index (χ0) is 20.5. The lowest BCUT2D eigenvalue weighted by atomic mass is 10.1. The first-order valence-electron chi connectivity index (χ1n) is 9.75. The molecular weight excluding hydrogens is 426 g/mol. The number of nitrogens with zero attached hydrogens (tertiary/aromatic N) is 6. The number of halogens is 1. The van der Waals surface area contributed by atoms with Crippen LogP contribution in [-0.2, 0) is 24.2 Å². The fourth-order valence-corrected chi connectivity index (χ4v) is 5.04. The van der Waals surface area contributed by atoms with E-state index in [9.17, 15) is 4.79 Å². The largest absolute Gasteiger partial charge is 0.378 e. The first kappa shape index (κ1) is 19.6. The molecule has 5 rings (SSSR count). The Balaban J connectivity index is 1.33. The van der Waals surface area contributed by atoms with Crippen molar-refractivity contribution in [3.63, 3.8) is 0 Å². The SMILES string of the molecule is O=c1[nH]c(-c2cncnc2)nc2c1CN(Cc1sc(N3CCOCC3)nc1Cl)CC2. The lowest BCUT2D eigenvalue weighted by Gasteiger charge is -2.27. The molecule has 0 aromatic carbocycles. The van der Waals surface area contributed by atoms with Crippen molar-refractivity contribution in [1.82, 2.24) is 29.8 Å². The Morgan fingerprint density at radius 3 is 2.77 bits per heavy atom. The number of ether oxygens (including phenoxy) is 1. The molecule has 3 aromatic rings. The minimum absolute atomic E-state index is 0.118. The Hall–Kier alpha value is -2.40. The van der Waals surface area contributed by atoms with Gasteiger partial charge in [-0.05, 0) is 0 Å². The molecule has 5 heterocycles. The van der Waals surface area contributed by atoms with Gasteiger partial charge in [-0.25, -0.2) is 19.9 Å². The van der Waals surface area contributed by atoms with Crippen LogP contribution < -0.4 is 10.5 Å². The van der Waals surface area contributed by atoms with Gasteiger partial charge in [0.2, 0.25) is 0 Å². The van der Waals surface area contributed by atoms with Gasteiger partial charge < -0.3 is 14.6 Å². The van der Waals surface area contributed by atoms with Crippen molar-refractivity contribution in [2.45, 2.75) is 19.5 Å². The number of anilines is 1. The fourth-order valence-electron chi connectivity index (χ4n) is 3.69. The third kappa shape index (κ3) is 3.95. The second-order valence-electron chi connectivity index (χ2n) is 7.24. The second-order valence-corrected chi connectivity index (χ2v) is 8.66. The minimum atomic E-state index is -0.118. The van der Waals surface area contributed by atoms with Gasteiger partial charge in [0.15, 0.2) is 5.13 Å². The fraction of sp³-hybridized carbons (Fsp3) is 0.421. The summed E-state index contributed by atoms with van der Waals surface area (Å²) >= 11 is 8.04. The standard InChI is InChI=1S/C19H20ClN7O2S/c20-16-15(30-19(24-16)27-3-5-29-6-4-27)10-26-2-1-14-13(9-26)18(28)25-17(23-14)12-7-21-11-22-8-12/h7-8,11H,1-6,9-10H2,(H,23,25,28). The molecule has 0 bridgehead atoms. The van der Waals surface area contributed by atoms with Crippen LogP contribution in [0.15, 0.2) is 23.5 Å². The Bertz CT molecular complexity index is 1100. The topological polar surface area (TPSA) is 100 Å². The average Bonchev–Trinajstić information content (AvgIpc) is 3.15. The molecule has 0 spiro atoms. The molecule has 1 fully saturated rings. The van der Waals surface area contributed by atoms with Crippen molar-refractivity contribution < 1.29 is 4.74 Å². The van der Waals surface area contributed by atoms with Crippen molar-refractivity contribution >= 4 is 28.1 Å². The van der Waals surface area contributed by atoms with Crippen molar-refractivity contribution in [2.24, 2.45) is 0 Å². The van der Waals surface area contributed by atoms with Crippen molar-refractivity contribution in [1.29, 1.82) is 0 Å². The normalized spacial score (nSPS) is 17.2. The molecule has 0 radical (unpaired) electrons. The van der Waals surface area contributed by atoms with E-state index < -0.39 is 0 Å². The number of nitrogens with one attached hydrogen (secondary N) is 1. The van der Waals surface area contributed by atoms with E-state index >= 15 is 0 Å². The quantitative estimate of drug-likeness (QED) is 0.648. The highest BCUT2D eigenvalue weighted by Crippen LogP contribution is 2.32. The Morgan fingerprint density at radius 2 is 1.97 bits per heavy atom. The summed E-state index contributed by atoms with van der Waals surface area (Å²) in [6, 6.07) is 0. The van der Waals surface area contributed by atoms with Gasteiger partial charge in [0.1, 0.15) is 17.3 Å². The number of aromatic nitrogens is 5. The van der Waals surface area contributed by atoms with Crippen LogP contribution in [0.4, 0.5) is 5.13 Å². The number of thiazole rings is 1. The minimum Gasteiger partial charge on any atom is -0.378 e. The maximum atomic E-state index is 12.7. The third-order valence-electron chi connectivity index (χ3n) is 5.27. The summed E-state index contributed by atoms with van der Waals surface area (Å²) in [7, 11) is 0. The van der Waals surface area contributed by atoms with E-state index in [0.717, 1.165) is 35.3 Å². The summed E-state index contributed by atoms with van der Waals surface area (Å²) in [4.78, 5) is 38.2. The molecular formula is C19H20ClN7O2S. The van der Waals surface area contributed by atoms with E-state index in [2.05, 4.69) is 34.7 Å². The first-order chi connectivity index (χ1) is 14.7. The van der Waals surface area contributed by atoms with E-state index in [1.165, 1.54) is 6.33 Å². The van der Waals surface area contributed by atoms with E-state index in [1.807, 2.05) is 0 Å². The number of rotatable bonds is 4. The molecule has 9 nitrogen and oxygen atoms in total. The molecule has 156 valence electrons. The molecule has 30 heavy (non-hydrogen) atoms. The van der Waals surface area contributed by atoms with E-state index in [4.69, 9.17) is 16.3 Å². The highest BCUT2D eigenvalue weighted by atomic mass is 35.5. The summed E-state index contributed by atoms with van der Waals surface area (Å²) < 4.78 is 5.41. The zero-order valence-electron chi connectivity index (χ0n) is 16.2. The van der Waals surface area contributed by atoms with Crippen LogP contribution in [0.25, 0.3) is 11.4 Å². The monoisotopic (exact) mass is 445 g/mol. The van der Waals surface area contributed by atoms with E-state index in [1.54, 1.807) is 23.7 Å². The maximum absolute atomic E-state index is 12.7. The third-order valence-corrected chi connectivity index (χ3v) is 6.79. The van der Waals surface area contributed by atoms with E-state index in [0.29, 0.717) is 54.8 Å². The first-order valence-corrected chi connectivity index (χ1v) is 10.9. The van der Waals surface area contributed by atoms with Gasteiger partial charge in [-0.3, -0.25) is 9.69 Å². The van der Waals surface area contributed by atoms with E-state index in [-0.39, 0.29) is 5.56 Å². The zero-order valence-corrected chi connectivity index (χ0v) is 17.7. The van der Waals surface area contributed by atoms with Gasteiger partial charge in [-0.1, -0.05) is 22.9 Å². The van der Waals surface area contributed by atoms with Crippen molar-refractivity contribution in [3.05, 3.63) is 50.4 Å². The number of aromatic amines is 1. The van der Waals surface area contributed by atoms with Gasteiger partial charge in [-0.15, -0.1) is 0 Å². The van der Waals surface area contributed by atoms with Crippen LogP contribution in [0.1, 0.15) is 16.1 Å². The lowest BCUT2D eigenvalue weighted by Crippen LogP contribution is -2.36. The molecule has 0 amide bonds. The van der Waals surface area contributed by atoms with Crippen LogP contribution in [0.5, 0.6) is 0 Å². The molecule has 1 saturated heterocycles.